The highest BCUT2D eigenvalue weighted by molar-refractivity contribution is 7.95. The summed E-state index contributed by atoms with van der Waals surface area (Å²) in [5, 5.41) is 15.7. The van der Waals surface area contributed by atoms with E-state index in [1.165, 1.54) is 15.9 Å². The average Bonchev–Trinajstić information content (AvgIpc) is 3.59. The molecule has 7 heteroatoms. The smallest absolute Gasteiger partial charge is 0.344 e. The van der Waals surface area contributed by atoms with Gasteiger partial charge in [-0.2, -0.15) is 0 Å². The maximum absolute atomic E-state index is 13.7. The second-order valence-corrected chi connectivity index (χ2v) is 20.3. The molecule has 0 radical (unpaired) electrons. The Labute approximate surface area is 326 Å². The first-order valence-corrected chi connectivity index (χ1v) is 21.7. The number of Topliss-reactive ketones (excluding diaryl/α,β-unsaturated/α-hetero) is 1. The summed E-state index contributed by atoms with van der Waals surface area (Å²) in [6.07, 6.45) is 4.25. The van der Waals surface area contributed by atoms with Crippen LogP contribution in [-0.4, -0.2) is 41.6 Å². The quantitative estimate of drug-likeness (QED) is 0.0997. The third-order valence-electron chi connectivity index (χ3n) is 14.0. The summed E-state index contributed by atoms with van der Waals surface area (Å²) in [5.41, 5.74) is -0.323. The SMILES string of the molecule is C=C[C@]1(C)C[C@@H](OC(=O)COC(=O)c2ccc(C[P+](c3ccccc3)(c3ccccc3)c3ccccc3)cc2)C2(C)CC[C@@H](C)[C@@]3(CCC(=O)[C@@H]23)[C@@H](C)[C@@H]1O. The van der Waals surface area contributed by atoms with E-state index in [0.717, 1.165) is 31.0 Å². The maximum atomic E-state index is 13.7. The van der Waals surface area contributed by atoms with Crippen LogP contribution in [0, 0.1) is 34.0 Å². The lowest BCUT2D eigenvalue weighted by Crippen LogP contribution is -2.63. The van der Waals surface area contributed by atoms with E-state index in [4.69, 9.17) is 9.47 Å². The lowest BCUT2D eigenvalue weighted by atomic mass is 9.43. The van der Waals surface area contributed by atoms with Gasteiger partial charge in [0.15, 0.2) is 6.61 Å². The molecule has 0 saturated heterocycles. The Balaban J connectivity index is 1.09. The number of carbonyl (C=O) groups is 3. The lowest BCUT2D eigenvalue weighted by Gasteiger charge is -2.62. The summed E-state index contributed by atoms with van der Waals surface area (Å²) < 4.78 is 11.8. The van der Waals surface area contributed by atoms with Crippen molar-refractivity contribution in [3.63, 3.8) is 0 Å². The van der Waals surface area contributed by atoms with Gasteiger partial charge in [0, 0.05) is 23.2 Å². The lowest BCUT2D eigenvalue weighted by molar-refractivity contribution is -0.206. The molecule has 0 spiro atoms. The van der Waals surface area contributed by atoms with Gasteiger partial charge in [-0.05, 0) is 97.0 Å². The first-order valence-electron chi connectivity index (χ1n) is 19.7. The molecule has 55 heavy (non-hydrogen) atoms. The molecule has 0 heterocycles. The van der Waals surface area contributed by atoms with Gasteiger partial charge in [-0.1, -0.05) is 101 Å². The predicted octanol–water partition coefficient (Wildman–Crippen LogP) is 8.24. The summed E-state index contributed by atoms with van der Waals surface area (Å²) >= 11 is 0. The monoisotopic (exact) mass is 757 g/mol. The van der Waals surface area contributed by atoms with Crippen LogP contribution in [0.5, 0.6) is 0 Å². The number of aliphatic hydroxyl groups excluding tert-OH is 1. The molecule has 7 rings (SSSR count). The Morgan fingerprint density at radius 1 is 0.836 bits per heavy atom. The van der Waals surface area contributed by atoms with Crippen LogP contribution in [0.1, 0.15) is 75.7 Å². The highest BCUT2D eigenvalue weighted by atomic mass is 31.2. The van der Waals surface area contributed by atoms with Crippen molar-refractivity contribution in [1.29, 1.82) is 0 Å². The standard InChI is InChI=1S/C48H54O6P/c1-6-46(4)30-41(47(5)28-26-33(2)48(34(3)44(46)51)29-27-40(49)43(47)48)54-42(50)31-53-45(52)36-24-22-35(23-25-36)32-55(37-16-10-7-11-17-37,38-18-12-8-13-19-38)39-20-14-9-15-21-39/h6-25,33-34,41,43-44,51H,1,26-32H2,2-5H3/q+1/t33-,34+,41-,43+,44+,46-,47?,48+/m1/s1. The van der Waals surface area contributed by atoms with Crippen LogP contribution in [-0.2, 0) is 25.2 Å². The third kappa shape index (κ3) is 6.70. The first kappa shape index (κ1) is 38.9. The molecule has 1 N–H and O–H groups in total. The molecule has 0 aliphatic heterocycles. The zero-order valence-corrected chi connectivity index (χ0v) is 33.4. The highest BCUT2D eigenvalue weighted by Crippen LogP contribution is 2.68. The molecule has 1 unspecified atom stereocenters. The minimum Gasteiger partial charge on any atom is -0.459 e. The van der Waals surface area contributed by atoms with Gasteiger partial charge in [-0.3, -0.25) is 4.79 Å². The van der Waals surface area contributed by atoms with Crippen molar-refractivity contribution in [1.82, 2.24) is 0 Å². The van der Waals surface area contributed by atoms with E-state index < -0.39 is 48.8 Å². The van der Waals surface area contributed by atoms with Crippen molar-refractivity contribution >= 4 is 40.9 Å². The zero-order valence-electron chi connectivity index (χ0n) is 32.5. The molecule has 3 aliphatic carbocycles. The Hall–Kier alpha value is -4.38. The molecule has 4 aromatic carbocycles. The van der Waals surface area contributed by atoms with E-state index in [-0.39, 0.29) is 29.0 Å². The van der Waals surface area contributed by atoms with Gasteiger partial charge >= 0.3 is 11.9 Å². The molecule has 2 bridgehead atoms. The number of ketones is 1. The van der Waals surface area contributed by atoms with Crippen molar-refractivity contribution in [3.8, 4) is 0 Å². The van der Waals surface area contributed by atoms with E-state index in [1.807, 2.05) is 37.3 Å². The molecule has 3 fully saturated rings. The minimum absolute atomic E-state index is 0.126. The number of esters is 2. The molecule has 8 atom stereocenters. The van der Waals surface area contributed by atoms with Crippen LogP contribution < -0.4 is 15.9 Å². The van der Waals surface area contributed by atoms with E-state index in [0.29, 0.717) is 18.4 Å². The van der Waals surface area contributed by atoms with E-state index >= 15 is 0 Å². The summed E-state index contributed by atoms with van der Waals surface area (Å²) in [5.74, 6) is -1.29. The fourth-order valence-corrected chi connectivity index (χ4v) is 15.1. The average molecular weight is 758 g/mol. The van der Waals surface area contributed by atoms with Gasteiger partial charge in [0.1, 0.15) is 35.1 Å². The van der Waals surface area contributed by atoms with Gasteiger partial charge < -0.3 is 14.6 Å². The largest absolute Gasteiger partial charge is 0.459 e. The fraction of sp³-hybridized carbons (Fsp3) is 0.396. The minimum atomic E-state index is -2.13. The van der Waals surface area contributed by atoms with Gasteiger partial charge in [0.2, 0.25) is 0 Å². The van der Waals surface area contributed by atoms with Crippen molar-refractivity contribution in [2.45, 2.75) is 78.2 Å². The van der Waals surface area contributed by atoms with Gasteiger partial charge in [-0.15, -0.1) is 6.58 Å². The summed E-state index contributed by atoms with van der Waals surface area (Å²) in [6, 6.07) is 39.5. The number of carbonyl (C=O) groups excluding carboxylic acids is 3. The van der Waals surface area contributed by atoms with E-state index in [2.05, 4.69) is 100 Å². The number of aliphatic hydroxyl groups is 1. The van der Waals surface area contributed by atoms with Gasteiger partial charge in [-0.25, -0.2) is 9.59 Å². The van der Waals surface area contributed by atoms with E-state index in [9.17, 15) is 19.5 Å². The Morgan fingerprint density at radius 2 is 1.38 bits per heavy atom. The predicted molar refractivity (Wildman–Crippen MR) is 220 cm³/mol. The van der Waals surface area contributed by atoms with Gasteiger partial charge in [0.25, 0.3) is 0 Å². The number of ether oxygens (including phenoxy) is 2. The Bertz CT molecular complexity index is 1920. The molecule has 3 aliphatic rings. The Morgan fingerprint density at radius 3 is 1.91 bits per heavy atom. The van der Waals surface area contributed by atoms with Crippen LogP contribution in [0.4, 0.5) is 0 Å². The summed E-state index contributed by atoms with van der Waals surface area (Å²) in [4.78, 5) is 40.7. The molecular formula is C48H54O6P+. The Kier molecular flexibility index (Phi) is 10.8. The van der Waals surface area contributed by atoms with E-state index in [1.54, 1.807) is 18.2 Å². The van der Waals surface area contributed by atoms with Crippen LogP contribution in [0.25, 0.3) is 0 Å². The highest BCUT2D eigenvalue weighted by Gasteiger charge is 2.68. The molecule has 6 nitrogen and oxygen atoms in total. The normalized spacial score (nSPS) is 30.3. The summed E-state index contributed by atoms with van der Waals surface area (Å²) in [6.45, 7) is 11.9. The topological polar surface area (TPSA) is 89.9 Å². The van der Waals surface area contributed by atoms with Crippen molar-refractivity contribution in [2.24, 2.45) is 34.0 Å². The number of rotatable bonds is 10. The second kappa shape index (κ2) is 15.3. The zero-order chi connectivity index (χ0) is 39.0. The van der Waals surface area contributed by atoms with Crippen LogP contribution in [0.15, 0.2) is 128 Å². The van der Waals surface area contributed by atoms with Crippen molar-refractivity contribution in [3.05, 3.63) is 139 Å². The molecular weight excluding hydrogens is 703 g/mol. The maximum Gasteiger partial charge on any atom is 0.344 e. The van der Waals surface area contributed by atoms with Crippen LogP contribution >= 0.6 is 7.26 Å². The molecule has 0 aromatic heterocycles. The van der Waals surface area contributed by atoms with Crippen molar-refractivity contribution < 1.29 is 29.0 Å². The second-order valence-electron chi connectivity index (χ2n) is 16.8. The van der Waals surface area contributed by atoms with Gasteiger partial charge in [0.05, 0.1) is 17.8 Å². The fourth-order valence-electron chi connectivity index (χ4n) is 10.9. The molecule has 4 aromatic rings. The number of hydrogen-bond acceptors (Lipinski definition) is 6. The van der Waals surface area contributed by atoms with Crippen LogP contribution in [0.2, 0.25) is 0 Å². The third-order valence-corrected chi connectivity index (χ3v) is 18.4. The molecule has 0 amide bonds. The number of benzene rings is 4. The molecule has 3 saturated carbocycles. The summed E-state index contributed by atoms with van der Waals surface area (Å²) in [7, 11) is -2.13. The van der Waals surface area contributed by atoms with Crippen molar-refractivity contribution in [2.75, 3.05) is 6.61 Å². The first-order chi connectivity index (χ1) is 26.4. The van der Waals surface area contributed by atoms with Crippen LogP contribution in [0.3, 0.4) is 0 Å². The molecule has 286 valence electrons. The number of hydrogen-bond donors (Lipinski definition) is 1.